The Hall–Kier alpha value is -1.54. The van der Waals surface area contributed by atoms with Gasteiger partial charge in [-0.1, -0.05) is 6.92 Å². The van der Waals surface area contributed by atoms with Gasteiger partial charge in [0.15, 0.2) is 0 Å². The van der Waals surface area contributed by atoms with Crippen molar-refractivity contribution < 1.29 is 19.1 Å². The first kappa shape index (κ1) is 21.7. The minimum Gasteiger partial charge on any atom is -0.465 e. The van der Waals surface area contributed by atoms with Gasteiger partial charge in [0, 0.05) is 38.5 Å². The van der Waals surface area contributed by atoms with Crippen molar-refractivity contribution in [3.05, 3.63) is 17.0 Å². The third kappa shape index (κ3) is 4.69. The molecule has 2 saturated heterocycles. The van der Waals surface area contributed by atoms with Crippen molar-refractivity contribution in [2.24, 2.45) is 11.3 Å². The molecule has 0 bridgehead atoms. The van der Waals surface area contributed by atoms with Crippen LogP contribution in [0.2, 0.25) is 0 Å². The number of carbonyl (C=O) groups excluding carboxylic acids is 2. The van der Waals surface area contributed by atoms with Gasteiger partial charge in [-0.2, -0.15) is 16.9 Å². The van der Waals surface area contributed by atoms with Crippen molar-refractivity contribution in [2.75, 3.05) is 37.9 Å². The Balaban J connectivity index is 1.42. The number of nitrogens with zero attached hydrogens (tertiary/aromatic N) is 2. The molecular formula is C22H33N3O4S. The summed E-state index contributed by atoms with van der Waals surface area (Å²) >= 11 is 1.84. The van der Waals surface area contributed by atoms with E-state index >= 15 is 0 Å². The lowest BCUT2D eigenvalue weighted by atomic mass is 9.76. The molecular weight excluding hydrogens is 402 g/mol. The van der Waals surface area contributed by atoms with Crippen LogP contribution in [0.25, 0.3) is 0 Å². The minimum atomic E-state index is -0.0590. The zero-order chi connectivity index (χ0) is 21.0. The number of fused-ring (bicyclic) bond motifs is 1. The van der Waals surface area contributed by atoms with Crippen LogP contribution in [-0.4, -0.2) is 59.5 Å². The van der Waals surface area contributed by atoms with Crippen LogP contribution >= 0.6 is 11.8 Å². The molecule has 1 N–H and O–H groups in total. The predicted octanol–water partition coefficient (Wildman–Crippen LogP) is 2.60. The summed E-state index contributed by atoms with van der Waals surface area (Å²) in [6.07, 6.45) is 6.23. The molecule has 0 radical (unpaired) electrons. The quantitative estimate of drug-likeness (QED) is 0.546. The predicted molar refractivity (Wildman–Crippen MR) is 116 cm³/mol. The monoisotopic (exact) mass is 435 g/mol. The highest BCUT2D eigenvalue weighted by Crippen LogP contribution is 2.37. The number of carbonyl (C=O) groups is 2. The molecule has 0 saturated carbocycles. The first-order valence-electron chi connectivity index (χ1n) is 11.3. The summed E-state index contributed by atoms with van der Waals surface area (Å²) in [5.74, 6) is 2.02. The van der Waals surface area contributed by atoms with Gasteiger partial charge < -0.3 is 14.8 Å². The van der Waals surface area contributed by atoms with E-state index in [1.807, 2.05) is 23.4 Å². The largest absolute Gasteiger partial charge is 0.465 e. The van der Waals surface area contributed by atoms with Crippen LogP contribution in [0.5, 0.6) is 0 Å². The van der Waals surface area contributed by atoms with E-state index in [0.717, 1.165) is 80.2 Å². The lowest BCUT2D eigenvalue weighted by Gasteiger charge is -2.36. The molecule has 0 aromatic carbocycles. The standard InChI is InChI=1S/C22H33N3O4S/c1-2-17-19-18(13-22(15-23-20(19)26)6-10-28-11-7-22)25(24-17)8-4-9-29-21(27)16-5-3-12-30-14-16/h16H,2-15H2,1H3,(H,23,26). The fraction of sp³-hybridized carbons (Fsp3) is 0.773. The molecule has 1 amide bonds. The van der Waals surface area contributed by atoms with Crippen molar-refractivity contribution >= 4 is 23.6 Å². The highest BCUT2D eigenvalue weighted by molar-refractivity contribution is 7.99. The number of hydrogen-bond acceptors (Lipinski definition) is 6. The summed E-state index contributed by atoms with van der Waals surface area (Å²) in [6, 6.07) is 0. The van der Waals surface area contributed by atoms with Crippen molar-refractivity contribution in [1.29, 1.82) is 0 Å². The van der Waals surface area contributed by atoms with E-state index in [-0.39, 0.29) is 23.2 Å². The molecule has 7 nitrogen and oxygen atoms in total. The van der Waals surface area contributed by atoms with Crippen LogP contribution in [0.3, 0.4) is 0 Å². The van der Waals surface area contributed by atoms with Gasteiger partial charge in [-0.15, -0.1) is 0 Å². The molecule has 1 unspecified atom stereocenters. The van der Waals surface area contributed by atoms with E-state index in [9.17, 15) is 9.59 Å². The van der Waals surface area contributed by atoms with Crippen molar-refractivity contribution in [1.82, 2.24) is 15.1 Å². The van der Waals surface area contributed by atoms with Gasteiger partial charge >= 0.3 is 5.97 Å². The van der Waals surface area contributed by atoms with E-state index in [0.29, 0.717) is 26.1 Å². The molecule has 1 atom stereocenters. The molecule has 30 heavy (non-hydrogen) atoms. The maximum Gasteiger partial charge on any atom is 0.309 e. The van der Waals surface area contributed by atoms with Gasteiger partial charge in [-0.3, -0.25) is 14.3 Å². The normalized spacial score (nSPS) is 23.5. The molecule has 1 spiro atoms. The summed E-state index contributed by atoms with van der Waals surface area (Å²) in [7, 11) is 0. The average molecular weight is 436 g/mol. The van der Waals surface area contributed by atoms with Gasteiger partial charge in [-0.05, 0) is 49.7 Å². The van der Waals surface area contributed by atoms with Crippen molar-refractivity contribution in [3.63, 3.8) is 0 Å². The van der Waals surface area contributed by atoms with Crippen LogP contribution in [0.4, 0.5) is 0 Å². The van der Waals surface area contributed by atoms with Gasteiger partial charge in [0.1, 0.15) is 0 Å². The zero-order valence-electron chi connectivity index (χ0n) is 17.9. The maximum absolute atomic E-state index is 12.9. The fourth-order valence-corrected chi connectivity index (χ4v) is 5.91. The van der Waals surface area contributed by atoms with E-state index in [1.165, 1.54) is 0 Å². The number of rotatable bonds is 6. The second-order valence-electron chi connectivity index (χ2n) is 8.75. The second kappa shape index (κ2) is 9.73. The molecule has 1 aromatic rings. The first-order valence-corrected chi connectivity index (χ1v) is 12.5. The topological polar surface area (TPSA) is 82.5 Å². The average Bonchev–Trinajstić information content (AvgIpc) is 3.06. The SMILES string of the molecule is CCc1nn(CCCOC(=O)C2CCCSC2)c2c1C(=O)NCC1(CCOCC1)C2. The third-order valence-electron chi connectivity index (χ3n) is 6.66. The Kier molecular flexibility index (Phi) is 7.03. The molecule has 4 heterocycles. The van der Waals surface area contributed by atoms with Crippen molar-refractivity contribution in [2.45, 2.75) is 58.4 Å². The molecule has 0 aliphatic carbocycles. The Morgan fingerprint density at radius 2 is 2.23 bits per heavy atom. The number of aromatic nitrogens is 2. The molecule has 4 rings (SSSR count). The molecule has 3 aliphatic rings. The van der Waals surface area contributed by atoms with E-state index in [1.54, 1.807) is 0 Å². The highest BCUT2D eigenvalue weighted by Gasteiger charge is 2.39. The number of hydrogen-bond donors (Lipinski definition) is 1. The molecule has 166 valence electrons. The Morgan fingerprint density at radius 3 is 2.97 bits per heavy atom. The summed E-state index contributed by atoms with van der Waals surface area (Å²) in [5, 5.41) is 7.92. The third-order valence-corrected chi connectivity index (χ3v) is 7.88. The van der Waals surface area contributed by atoms with Gasteiger partial charge in [0.05, 0.1) is 29.5 Å². The van der Waals surface area contributed by atoms with E-state index < -0.39 is 0 Å². The lowest BCUT2D eigenvalue weighted by Crippen LogP contribution is -2.40. The molecule has 8 heteroatoms. The van der Waals surface area contributed by atoms with Crippen LogP contribution < -0.4 is 5.32 Å². The Bertz CT molecular complexity index is 767. The lowest BCUT2D eigenvalue weighted by molar-refractivity contribution is -0.148. The number of thioether (sulfide) groups is 1. The van der Waals surface area contributed by atoms with E-state index in [2.05, 4.69) is 5.32 Å². The molecule has 1 aromatic heterocycles. The molecule has 2 fully saturated rings. The molecule has 3 aliphatic heterocycles. The number of ether oxygens (including phenoxy) is 2. The van der Waals surface area contributed by atoms with Crippen LogP contribution in [0, 0.1) is 11.3 Å². The van der Waals surface area contributed by atoms with Crippen LogP contribution in [-0.2, 0) is 33.7 Å². The number of nitrogens with one attached hydrogen (secondary N) is 1. The fourth-order valence-electron chi connectivity index (χ4n) is 4.79. The van der Waals surface area contributed by atoms with Crippen LogP contribution in [0.1, 0.15) is 60.8 Å². The minimum absolute atomic E-state index is 0.00214. The smallest absolute Gasteiger partial charge is 0.309 e. The zero-order valence-corrected chi connectivity index (χ0v) is 18.7. The van der Waals surface area contributed by atoms with Gasteiger partial charge in [-0.25, -0.2) is 0 Å². The Labute approximate surface area is 182 Å². The maximum atomic E-state index is 12.9. The van der Waals surface area contributed by atoms with Crippen molar-refractivity contribution in [3.8, 4) is 0 Å². The first-order chi connectivity index (χ1) is 14.6. The summed E-state index contributed by atoms with van der Waals surface area (Å²) in [5.41, 5.74) is 2.71. The highest BCUT2D eigenvalue weighted by atomic mass is 32.2. The second-order valence-corrected chi connectivity index (χ2v) is 9.90. The Morgan fingerprint density at radius 1 is 1.40 bits per heavy atom. The number of amides is 1. The number of aryl methyl sites for hydroxylation is 2. The van der Waals surface area contributed by atoms with Crippen LogP contribution in [0.15, 0.2) is 0 Å². The summed E-state index contributed by atoms with van der Waals surface area (Å²) < 4.78 is 13.1. The van der Waals surface area contributed by atoms with Gasteiger partial charge in [0.25, 0.3) is 5.91 Å². The van der Waals surface area contributed by atoms with E-state index in [4.69, 9.17) is 14.6 Å². The number of esters is 1. The summed E-state index contributed by atoms with van der Waals surface area (Å²) in [4.78, 5) is 25.1. The van der Waals surface area contributed by atoms with Gasteiger partial charge in [0.2, 0.25) is 0 Å². The summed E-state index contributed by atoms with van der Waals surface area (Å²) in [6.45, 7) is 5.30.